The Bertz CT molecular complexity index is 838. The molecule has 126 valence electrons. The monoisotopic (exact) mass is 368 g/mol. The molecule has 3 aromatic carbocycles. The van der Waals surface area contributed by atoms with Gasteiger partial charge in [0, 0.05) is 17.3 Å². The second kappa shape index (κ2) is 8.51. The van der Waals surface area contributed by atoms with E-state index < -0.39 is 0 Å². The zero-order valence-corrected chi connectivity index (χ0v) is 15.0. The molecule has 0 aromatic heterocycles. The minimum absolute atomic E-state index is 0.576. The van der Waals surface area contributed by atoms with E-state index in [0.717, 1.165) is 11.4 Å². The van der Waals surface area contributed by atoms with Gasteiger partial charge in [-0.1, -0.05) is 48.0 Å². The maximum atomic E-state index is 5.96. The van der Waals surface area contributed by atoms with Gasteiger partial charge in [-0.25, -0.2) is 0 Å². The molecule has 2 N–H and O–H groups in total. The quantitative estimate of drug-likeness (QED) is 0.573. The molecule has 0 saturated carbocycles. The first-order valence-corrected chi connectivity index (χ1v) is 8.60. The second-order valence-electron chi connectivity index (χ2n) is 5.38. The molecule has 0 aliphatic rings. The van der Waals surface area contributed by atoms with E-state index in [1.807, 2.05) is 60.7 Å². The van der Waals surface area contributed by atoms with Crippen LogP contribution >= 0.6 is 23.8 Å². The largest absolute Gasteiger partial charge is 0.457 e. The van der Waals surface area contributed by atoms with Gasteiger partial charge >= 0.3 is 0 Å². The lowest BCUT2D eigenvalue weighted by atomic mass is 10.2. The SMILES string of the molecule is S=C(NCc1ccccc1)Nc1ccc(Oc2cccc(Cl)c2)cc1. The van der Waals surface area contributed by atoms with Crippen LogP contribution in [-0.4, -0.2) is 5.11 Å². The lowest BCUT2D eigenvalue weighted by molar-refractivity contribution is 0.483. The molecule has 0 fully saturated rings. The van der Waals surface area contributed by atoms with Crippen LogP contribution in [-0.2, 0) is 6.54 Å². The number of hydrogen-bond donors (Lipinski definition) is 2. The van der Waals surface area contributed by atoms with Gasteiger partial charge in [0.1, 0.15) is 11.5 Å². The fourth-order valence-electron chi connectivity index (χ4n) is 2.23. The Kier molecular flexibility index (Phi) is 5.88. The molecule has 3 aromatic rings. The average molecular weight is 369 g/mol. The molecule has 0 heterocycles. The van der Waals surface area contributed by atoms with Crippen molar-refractivity contribution >= 4 is 34.6 Å². The van der Waals surface area contributed by atoms with E-state index in [1.54, 1.807) is 6.07 Å². The lowest BCUT2D eigenvalue weighted by Gasteiger charge is -2.11. The summed E-state index contributed by atoms with van der Waals surface area (Å²) in [5, 5.41) is 7.56. The van der Waals surface area contributed by atoms with Crippen molar-refractivity contribution in [2.45, 2.75) is 6.54 Å². The van der Waals surface area contributed by atoms with Gasteiger partial charge in [0.05, 0.1) is 0 Å². The Morgan fingerprint density at radius 2 is 1.64 bits per heavy atom. The van der Waals surface area contributed by atoms with Crippen LogP contribution in [0.5, 0.6) is 11.5 Å². The van der Waals surface area contributed by atoms with Crippen molar-refractivity contribution in [3.8, 4) is 11.5 Å². The van der Waals surface area contributed by atoms with E-state index in [4.69, 9.17) is 28.6 Å². The molecule has 0 spiro atoms. The Morgan fingerprint density at radius 1 is 0.880 bits per heavy atom. The highest BCUT2D eigenvalue weighted by molar-refractivity contribution is 7.80. The third-order valence-electron chi connectivity index (χ3n) is 3.44. The highest BCUT2D eigenvalue weighted by Gasteiger charge is 2.01. The van der Waals surface area contributed by atoms with Crippen LogP contribution in [0.4, 0.5) is 5.69 Å². The Morgan fingerprint density at radius 3 is 2.36 bits per heavy atom. The molecule has 5 heteroatoms. The summed E-state index contributed by atoms with van der Waals surface area (Å²) in [7, 11) is 0. The van der Waals surface area contributed by atoms with Crippen LogP contribution in [0.2, 0.25) is 5.02 Å². The zero-order valence-electron chi connectivity index (χ0n) is 13.4. The fraction of sp³-hybridized carbons (Fsp3) is 0.0500. The fourth-order valence-corrected chi connectivity index (χ4v) is 2.60. The van der Waals surface area contributed by atoms with Crippen molar-refractivity contribution in [3.63, 3.8) is 0 Å². The Labute approximate surface area is 157 Å². The number of rotatable bonds is 5. The first-order chi connectivity index (χ1) is 12.2. The van der Waals surface area contributed by atoms with Crippen molar-refractivity contribution < 1.29 is 4.74 Å². The normalized spacial score (nSPS) is 10.1. The molecular weight excluding hydrogens is 352 g/mol. The topological polar surface area (TPSA) is 33.3 Å². The summed E-state index contributed by atoms with van der Waals surface area (Å²) in [6.45, 7) is 0.683. The first kappa shape index (κ1) is 17.3. The predicted octanol–water partition coefficient (Wildman–Crippen LogP) is 5.62. The van der Waals surface area contributed by atoms with Gasteiger partial charge < -0.3 is 15.4 Å². The van der Waals surface area contributed by atoms with E-state index in [2.05, 4.69) is 22.8 Å². The van der Waals surface area contributed by atoms with Gasteiger partial charge in [-0.15, -0.1) is 0 Å². The van der Waals surface area contributed by atoms with Crippen LogP contribution in [0, 0.1) is 0 Å². The van der Waals surface area contributed by atoms with Gasteiger partial charge in [-0.3, -0.25) is 0 Å². The molecule has 3 rings (SSSR count). The lowest BCUT2D eigenvalue weighted by Crippen LogP contribution is -2.27. The Hall–Kier alpha value is -2.56. The van der Waals surface area contributed by atoms with Crippen molar-refractivity contribution in [1.82, 2.24) is 5.32 Å². The van der Waals surface area contributed by atoms with Gasteiger partial charge in [0.25, 0.3) is 0 Å². The first-order valence-electron chi connectivity index (χ1n) is 7.81. The highest BCUT2D eigenvalue weighted by atomic mass is 35.5. The van der Waals surface area contributed by atoms with E-state index in [1.165, 1.54) is 5.56 Å². The van der Waals surface area contributed by atoms with Crippen LogP contribution in [0.3, 0.4) is 0 Å². The minimum Gasteiger partial charge on any atom is -0.457 e. The summed E-state index contributed by atoms with van der Waals surface area (Å²) in [6, 6.07) is 25.0. The number of benzene rings is 3. The summed E-state index contributed by atoms with van der Waals surface area (Å²) in [5.74, 6) is 1.43. The summed E-state index contributed by atoms with van der Waals surface area (Å²) in [4.78, 5) is 0. The number of nitrogens with one attached hydrogen (secondary N) is 2. The third-order valence-corrected chi connectivity index (χ3v) is 3.92. The van der Waals surface area contributed by atoms with Crippen LogP contribution in [0.25, 0.3) is 0 Å². The van der Waals surface area contributed by atoms with E-state index in [9.17, 15) is 0 Å². The third kappa shape index (κ3) is 5.48. The van der Waals surface area contributed by atoms with Gasteiger partial charge in [-0.05, 0) is 60.2 Å². The van der Waals surface area contributed by atoms with Crippen LogP contribution in [0.15, 0.2) is 78.9 Å². The summed E-state index contributed by atoms with van der Waals surface area (Å²) in [5.41, 5.74) is 2.07. The van der Waals surface area contributed by atoms with Gasteiger partial charge in [0.2, 0.25) is 0 Å². The standard InChI is InChI=1S/C20H17ClN2OS/c21-16-7-4-8-19(13-16)24-18-11-9-17(10-12-18)23-20(25)22-14-15-5-2-1-3-6-15/h1-13H,14H2,(H2,22,23,25). The number of thiocarbonyl (C=S) groups is 1. The van der Waals surface area contributed by atoms with Crippen molar-refractivity contribution in [3.05, 3.63) is 89.4 Å². The van der Waals surface area contributed by atoms with Crippen molar-refractivity contribution in [2.24, 2.45) is 0 Å². The summed E-state index contributed by atoms with van der Waals surface area (Å²) >= 11 is 11.3. The smallest absolute Gasteiger partial charge is 0.171 e. The molecule has 0 atom stereocenters. The molecule has 0 bridgehead atoms. The number of anilines is 1. The molecule has 0 unspecified atom stereocenters. The maximum Gasteiger partial charge on any atom is 0.171 e. The number of hydrogen-bond acceptors (Lipinski definition) is 2. The molecule has 0 radical (unpaired) electrons. The summed E-state index contributed by atoms with van der Waals surface area (Å²) in [6.07, 6.45) is 0. The molecule has 25 heavy (non-hydrogen) atoms. The van der Waals surface area contributed by atoms with Crippen LogP contribution in [0.1, 0.15) is 5.56 Å². The molecule has 0 amide bonds. The maximum absolute atomic E-state index is 5.96. The van der Waals surface area contributed by atoms with Crippen LogP contribution < -0.4 is 15.4 Å². The van der Waals surface area contributed by atoms with E-state index in [0.29, 0.717) is 22.4 Å². The van der Waals surface area contributed by atoms with Gasteiger partial charge in [-0.2, -0.15) is 0 Å². The van der Waals surface area contributed by atoms with E-state index >= 15 is 0 Å². The van der Waals surface area contributed by atoms with Crippen molar-refractivity contribution in [1.29, 1.82) is 0 Å². The average Bonchev–Trinajstić information content (AvgIpc) is 2.63. The predicted molar refractivity (Wildman–Crippen MR) is 107 cm³/mol. The molecule has 3 nitrogen and oxygen atoms in total. The van der Waals surface area contributed by atoms with Crippen molar-refractivity contribution in [2.75, 3.05) is 5.32 Å². The molecule has 0 aliphatic heterocycles. The highest BCUT2D eigenvalue weighted by Crippen LogP contribution is 2.25. The molecule has 0 saturated heterocycles. The molecule has 0 aliphatic carbocycles. The van der Waals surface area contributed by atoms with E-state index in [-0.39, 0.29) is 0 Å². The number of halogens is 1. The van der Waals surface area contributed by atoms with Gasteiger partial charge in [0.15, 0.2) is 5.11 Å². The number of ether oxygens (including phenoxy) is 1. The zero-order chi connectivity index (χ0) is 17.5. The summed E-state index contributed by atoms with van der Waals surface area (Å²) < 4.78 is 5.76. The molecular formula is C20H17ClN2OS. The minimum atomic E-state index is 0.576. The Balaban J connectivity index is 1.52. The second-order valence-corrected chi connectivity index (χ2v) is 6.22.